The fourth-order valence-electron chi connectivity index (χ4n) is 4.59. The molecule has 1 aliphatic heterocycles. The number of fused-ring (bicyclic) bond motifs is 1. The van der Waals surface area contributed by atoms with E-state index < -0.39 is 0 Å². The molecule has 0 radical (unpaired) electrons. The summed E-state index contributed by atoms with van der Waals surface area (Å²) < 4.78 is 12.0. The van der Waals surface area contributed by atoms with Crippen LogP contribution in [0.1, 0.15) is 63.4 Å². The monoisotopic (exact) mass is 412 g/mol. The molecule has 5 nitrogen and oxygen atoms in total. The maximum atomic E-state index is 10.4. The van der Waals surface area contributed by atoms with Crippen LogP contribution in [0, 0.1) is 5.92 Å². The SMILES string of the molecule is COc1nc2c(O)cccc2c(OCCN2CCCCC2)c1CCCCCC1CC1. The van der Waals surface area contributed by atoms with Gasteiger partial charge in [0.2, 0.25) is 5.88 Å². The van der Waals surface area contributed by atoms with E-state index in [1.807, 2.05) is 12.1 Å². The Morgan fingerprint density at radius 1 is 1.10 bits per heavy atom. The Bertz CT molecular complexity index is 829. The van der Waals surface area contributed by atoms with E-state index in [0.29, 0.717) is 18.0 Å². The van der Waals surface area contributed by atoms with Gasteiger partial charge in [-0.15, -0.1) is 0 Å². The van der Waals surface area contributed by atoms with Crippen LogP contribution in [0.3, 0.4) is 0 Å². The molecule has 2 fully saturated rings. The van der Waals surface area contributed by atoms with Crippen molar-refractivity contribution in [3.8, 4) is 17.4 Å². The second kappa shape index (κ2) is 10.3. The van der Waals surface area contributed by atoms with E-state index in [0.717, 1.165) is 42.0 Å². The number of aromatic nitrogens is 1. The third-order valence-corrected chi connectivity index (χ3v) is 6.54. The summed E-state index contributed by atoms with van der Waals surface area (Å²) in [6, 6.07) is 5.53. The largest absolute Gasteiger partial charge is 0.506 e. The number of phenols is 1. The van der Waals surface area contributed by atoms with Crippen LogP contribution < -0.4 is 9.47 Å². The van der Waals surface area contributed by atoms with Crippen molar-refractivity contribution < 1.29 is 14.6 Å². The van der Waals surface area contributed by atoms with Crippen LogP contribution in [0.2, 0.25) is 0 Å². The number of para-hydroxylation sites is 1. The number of methoxy groups -OCH3 is 1. The second-order valence-corrected chi connectivity index (χ2v) is 8.90. The lowest BCUT2D eigenvalue weighted by atomic mass is 10.0. The Labute approximate surface area is 180 Å². The number of hydrogen-bond acceptors (Lipinski definition) is 5. The standard InChI is InChI=1S/C25H36N2O3/c1-29-25-21(10-5-2-4-9-19-13-14-19)24(20-11-8-12-22(28)23(20)26-25)30-18-17-27-15-6-3-7-16-27/h8,11-12,19,28H,2-7,9-10,13-18H2,1H3. The van der Waals surface area contributed by atoms with Crippen molar-refractivity contribution >= 4 is 10.9 Å². The van der Waals surface area contributed by atoms with Crippen molar-refractivity contribution in [1.29, 1.82) is 0 Å². The Morgan fingerprint density at radius 3 is 2.70 bits per heavy atom. The van der Waals surface area contributed by atoms with E-state index in [9.17, 15) is 5.11 Å². The molecule has 0 unspecified atom stereocenters. The molecule has 2 aromatic rings. The summed E-state index contributed by atoms with van der Waals surface area (Å²) >= 11 is 0. The molecule has 30 heavy (non-hydrogen) atoms. The molecule has 1 aliphatic carbocycles. The zero-order valence-electron chi connectivity index (χ0n) is 18.4. The maximum Gasteiger partial charge on any atom is 0.220 e. The molecule has 1 N–H and O–H groups in total. The van der Waals surface area contributed by atoms with Crippen LogP contribution in [-0.4, -0.2) is 48.3 Å². The lowest BCUT2D eigenvalue weighted by molar-refractivity contribution is 0.183. The zero-order chi connectivity index (χ0) is 20.8. The van der Waals surface area contributed by atoms with E-state index in [4.69, 9.17) is 9.47 Å². The quantitative estimate of drug-likeness (QED) is 0.506. The van der Waals surface area contributed by atoms with Gasteiger partial charge in [-0.05, 0) is 56.8 Å². The van der Waals surface area contributed by atoms with E-state index >= 15 is 0 Å². The number of likely N-dealkylation sites (tertiary alicyclic amines) is 1. The summed E-state index contributed by atoms with van der Waals surface area (Å²) in [5.74, 6) is 2.59. The summed E-state index contributed by atoms with van der Waals surface area (Å²) in [7, 11) is 1.66. The smallest absolute Gasteiger partial charge is 0.220 e. The molecule has 1 aromatic carbocycles. The zero-order valence-corrected chi connectivity index (χ0v) is 18.4. The first-order valence-electron chi connectivity index (χ1n) is 11.8. The van der Waals surface area contributed by atoms with E-state index in [1.54, 1.807) is 13.2 Å². The molecule has 1 saturated heterocycles. The van der Waals surface area contributed by atoms with Crippen molar-refractivity contribution in [2.24, 2.45) is 5.92 Å². The van der Waals surface area contributed by atoms with Crippen LogP contribution in [0.25, 0.3) is 10.9 Å². The molecule has 4 rings (SSSR count). The molecule has 0 atom stereocenters. The van der Waals surface area contributed by atoms with Crippen molar-refractivity contribution in [2.75, 3.05) is 33.4 Å². The number of benzene rings is 1. The third kappa shape index (κ3) is 5.37. The summed E-state index contributed by atoms with van der Waals surface area (Å²) in [5.41, 5.74) is 1.60. The molecule has 164 valence electrons. The van der Waals surface area contributed by atoms with Gasteiger partial charge in [-0.2, -0.15) is 0 Å². The molecule has 2 aliphatic rings. The molecule has 0 amide bonds. The van der Waals surface area contributed by atoms with Gasteiger partial charge in [-0.25, -0.2) is 4.98 Å². The number of rotatable bonds is 11. The van der Waals surface area contributed by atoms with Gasteiger partial charge < -0.3 is 14.6 Å². The van der Waals surface area contributed by atoms with Gasteiger partial charge in [-0.3, -0.25) is 4.90 Å². The highest BCUT2D eigenvalue weighted by Gasteiger charge is 2.21. The Hall–Kier alpha value is -2.01. The number of aromatic hydroxyl groups is 1. The van der Waals surface area contributed by atoms with Crippen LogP contribution in [-0.2, 0) is 6.42 Å². The van der Waals surface area contributed by atoms with Crippen molar-refractivity contribution in [3.63, 3.8) is 0 Å². The molecule has 0 spiro atoms. The molecule has 5 heteroatoms. The highest BCUT2D eigenvalue weighted by Crippen LogP contribution is 2.39. The predicted octanol–water partition coefficient (Wildman–Crippen LogP) is 5.33. The lowest BCUT2D eigenvalue weighted by Gasteiger charge is -2.26. The number of ether oxygens (including phenoxy) is 2. The molecule has 1 saturated carbocycles. The molecular formula is C25H36N2O3. The summed E-state index contributed by atoms with van der Waals surface area (Å²) in [6.45, 7) is 3.91. The Balaban J connectivity index is 1.50. The molecule has 0 bridgehead atoms. The summed E-state index contributed by atoms with van der Waals surface area (Å²) in [5, 5.41) is 11.2. The fraction of sp³-hybridized carbons (Fsp3) is 0.640. The predicted molar refractivity (Wildman–Crippen MR) is 121 cm³/mol. The molecule has 1 aromatic heterocycles. The van der Waals surface area contributed by atoms with E-state index in [-0.39, 0.29) is 5.75 Å². The summed E-state index contributed by atoms with van der Waals surface area (Å²) in [4.78, 5) is 7.11. The number of pyridine rings is 1. The van der Waals surface area contributed by atoms with Gasteiger partial charge >= 0.3 is 0 Å². The minimum absolute atomic E-state index is 0.169. The van der Waals surface area contributed by atoms with E-state index in [1.165, 1.54) is 64.5 Å². The number of nitrogens with zero attached hydrogens (tertiary/aromatic N) is 2. The minimum atomic E-state index is 0.169. The summed E-state index contributed by atoms with van der Waals surface area (Å²) in [6.07, 6.45) is 12.7. The molecule has 2 heterocycles. The normalized spacial score (nSPS) is 17.4. The topological polar surface area (TPSA) is 54.8 Å². The van der Waals surface area contributed by atoms with Gasteiger partial charge in [0.1, 0.15) is 23.6 Å². The third-order valence-electron chi connectivity index (χ3n) is 6.54. The van der Waals surface area contributed by atoms with Gasteiger partial charge in [-0.1, -0.05) is 44.6 Å². The van der Waals surface area contributed by atoms with Crippen LogP contribution in [0.15, 0.2) is 18.2 Å². The average Bonchev–Trinajstić information content (AvgIpc) is 3.59. The van der Waals surface area contributed by atoms with Gasteiger partial charge in [0.15, 0.2) is 0 Å². The highest BCUT2D eigenvalue weighted by atomic mass is 16.5. The number of piperidine rings is 1. The van der Waals surface area contributed by atoms with Crippen LogP contribution in [0.5, 0.6) is 17.4 Å². The number of phenolic OH excluding ortho intramolecular Hbond substituents is 1. The maximum absolute atomic E-state index is 10.4. The van der Waals surface area contributed by atoms with Gasteiger partial charge in [0.05, 0.1) is 12.7 Å². The van der Waals surface area contributed by atoms with Crippen LogP contribution in [0.4, 0.5) is 0 Å². The average molecular weight is 413 g/mol. The van der Waals surface area contributed by atoms with E-state index in [2.05, 4.69) is 9.88 Å². The fourth-order valence-corrected chi connectivity index (χ4v) is 4.59. The van der Waals surface area contributed by atoms with Crippen molar-refractivity contribution in [3.05, 3.63) is 23.8 Å². The van der Waals surface area contributed by atoms with Gasteiger partial charge in [0.25, 0.3) is 0 Å². The van der Waals surface area contributed by atoms with Crippen LogP contribution >= 0.6 is 0 Å². The molecular weight excluding hydrogens is 376 g/mol. The lowest BCUT2D eigenvalue weighted by Crippen LogP contribution is -2.33. The Morgan fingerprint density at radius 2 is 1.93 bits per heavy atom. The van der Waals surface area contributed by atoms with Crippen molar-refractivity contribution in [2.45, 2.75) is 64.2 Å². The number of unbranched alkanes of at least 4 members (excludes halogenated alkanes) is 2. The van der Waals surface area contributed by atoms with Crippen molar-refractivity contribution in [1.82, 2.24) is 9.88 Å². The van der Waals surface area contributed by atoms with Gasteiger partial charge in [0, 0.05) is 11.9 Å². The number of hydrogen-bond donors (Lipinski definition) is 1. The first kappa shape index (κ1) is 21.2. The minimum Gasteiger partial charge on any atom is -0.506 e. The first-order chi connectivity index (χ1) is 14.8. The highest BCUT2D eigenvalue weighted by molar-refractivity contribution is 5.91. The Kier molecular flexibility index (Phi) is 7.32. The first-order valence-corrected chi connectivity index (χ1v) is 11.8. The second-order valence-electron chi connectivity index (χ2n) is 8.90.